The summed E-state index contributed by atoms with van der Waals surface area (Å²) in [4.78, 5) is 30.6. The standard InChI is InChI=1S/C25H37N3O4/c1-3-18-32-23(21-8-7-9-22(19-21)27-12-5-6-13-27)20-26-14-16-28(17-15-26)24(29)10-11-25(30)31-4-2/h3,7-9,19,23H,1,4-6,10-18,20H2,2H3. The van der Waals surface area contributed by atoms with E-state index in [2.05, 4.69) is 40.6 Å². The SMILES string of the molecule is C=CCOC(CN1CCN(C(=O)CCC(=O)OCC)CC1)c1cccc(N2CCCC2)c1. The van der Waals surface area contributed by atoms with Crippen LogP contribution in [0.1, 0.15) is 44.3 Å². The van der Waals surface area contributed by atoms with Gasteiger partial charge < -0.3 is 19.3 Å². The van der Waals surface area contributed by atoms with Gasteiger partial charge >= 0.3 is 5.97 Å². The number of amides is 1. The van der Waals surface area contributed by atoms with Crippen molar-refractivity contribution in [1.82, 2.24) is 9.80 Å². The quantitative estimate of drug-likeness (QED) is 0.387. The first kappa shape index (κ1) is 24.3. The molecular weight excluding hydrogens is 406 g/mol. The molecule has 2 saturated heterocycles. The molecule has 2 aliphatic heterocycles. The topological polar surface area (TPSA) is 62.3 Å². The lowest BCUT2D eigenvalue weighted by atomic mass is 10.1. The van der Waals surface area contributed by atoms with Gasteiger partial charge in [0.2, 0.25) is 5.91 Å². The van der Waals surface area contributed by atoms with Crippen molar-refractivity contribution in [3.05, 3.63) is 42.5 Å². The van der Waals surface area contributed by atoms with E-state index in [-0.39, 0.29) is 30.8 Å². The molecule has 0 spiro atoms. The van der Waals surface area contributed by atoms with Crippen LogP contribution in [0.3, 0.4) is 0 Å². The van der Waals surface area contributed by atoms with Crippen LogP contribution >= 0.6 is 0 Å². The first-order valence-electron chi connectivity index (χ1n) is 11.8. The van der Waals surface area contributed by atoms with E-state index in [4.69, 9.17) is 9.47 Å². The minimum absolute atomic E-state index is 0.0236. The number of benzene rings is 1. The van der Waals surface area contributed by atoms with Gasteiger partial charge in [0, 0.05) is 57.9 Å². The third kappa shape index (κ3) is 7.07. The third-order valence-corrected chi connectivity index (χ3v) is 6.13. The van der Waals surface area contributed by atoms with Gasteiger partial charge in [-0.05, 0) is 37.5 Å². The molecular formula is C25H37N3O4. The van der Waals surface area contributed by atoms with E-state index >= 15 is 0 Å². The van der Waals surface area contributed by atoms with E-state index in [1.54, 1.807) is 13.0 Å². The molecule has 7 nitrogen and oxygen atoms in total. The summed E-state index contributed by atoms with van der Waals surface area (Å²) in [5, 5.41) is 0. The zero-order valence-corrected chi connectivity index (χ0v) is 19.3. The smallest absolute Gasteiger partial charge is 0.306 e. The number of carbonyl (C=O) groups excluding carboxylic acids is 2. The molecule has 0 radical (unpaired) electrons. The third-order valence-electron chi connectivity index (χ3n) is 6.13. The van der Waals surface area contributed by atoms with Crippen molar-refractivity contribution in [3.8, 4) is 0 Å². The van der Waals surface area contributed by atoms with Crippen LogP contribution in [-0.4, -0.2) is 80.7 Å². The van der Waals surface area contributed by atoms with Crippen LogP contribution in [-0.2, 0) is 19.1 Å². The predicted molar refractivity (Wildman–Crippen MR) is 126 cm³/mol. The molecule has 176 valence electrons. The largest absolute Gasteiger partial charge is 0.466 e. The lowest BCUT2D eigenvalue weighted by Crippen LogP contribution is -2.49. The molecule has 1 unspecified atom stereocenters. The fraction of sp³-hybridized carbons (Fsp3) is 0.600. The summed E-state index contributed by atoms with van der Waals surface area (Å²) in [6, 6.07) is 8.70. The van der Waals surface area contributed by atoms with Crippen LogP contribution < -0.4 is 4.90 Å². The molecule has 0 saturated carbocycles. The minimum Gasteiger partial charge on any atom is -0.466 e. The van der Waals surface area contributed by atoms with Gasteiger partial charge in [-0.15, -0.1) is 6.58 Å². The normalized spacial score (nSPS) is 17.9. The summed E-state index contributed by atoms with van der Waals surface area (Å²) < 4.78 is 11.1. The lowest BCUT2D eigenvalue weighted by Gasteiger charge is -2.36. The second-order valence-electron chi connectivity index (χ2n) is 8.39. The highest BCUT2D eigenvalue weighted by atomic mass is 16.5. The maximum Gasteiger partial charge on any atom is 0.306 e. The van der Waals surface area contributed by atoms with Crippen molar-refractivity contribution in [1.29, 1.82) is 0 Å². The highest BCUT2D eigenvalue weighted by molar-refractivity contribution is 5.81. The molecule has 1 aromatic carbocycles. The fourth-order valence-electron chi connectivity index (χ4n) is 4.35. The van der Waals surface area contributed by atoms with Crippen LogP contribution in [0.5, 0.6) is 0 Å². The summed E-state index contributed by atoms with van der Waals surface area (Å²) in [5.41, 5.74) is 2.45. The summed E-state index contributed by atoms with van der Waals surface area (Å²) in [7, 11) is 0. The molecule has 1 atom stereocenters. The maximum absolute atomic E-state index is 12.4. The van der Waals surface area contributed by atoms with E-state index < -0.39 is 0 Å². The zero-order valence-electron chi connectivity index (χ0n) is 19.3. The van der Waals surface area contributed by atoms with E-state index in [0.29, 0.717) is 26.3 Å². The minimum atomic E-state index is -0.308. The van der Waals surface area contributed by atoms with Crippen LogP contribution in [0, 0.1) is 0 Å². The summed E-state index contributed by atoms with van der Waals surface area (Å²) in [6.07, 6.45) is 4.62. The van der Waals surface area contributed by atoms with Gasteiger partial charge in [0.05, 0.1) is 25.7 Å². The summed E-state index contributed by atoms with van der Waals surface area (Å²) in [5.74, 6) is -0.284. The van der Waals surface area contributed by atoms with Crippen molar-refractivity contribution in [2.45, 2.75) is 38.7 Å². The number of carbonyl (C=O) groups is 2. The molecule has 0 aromatic heterocycles. The number of anilines is 1. The van der Waals surface area contributed by atoms with Crippen LogP contribution in [0.15, 0.2) is 36.9 Å². The monoisotopic (exact) mass is 443 g/mol. The Labute approximate surface area is 191 Å². The molecule has 3 rings (SSSR count). The Balaban J connectivity index is 1.53. The number of ether oxygens (including phenoxy) is 2. The van der Waals surface area contributed by atoms with Crippen molar-refractivity contribution in [2.75, 3.05) is 63.9 Å². The molecule has 0 aliphatic carbocycles. The highest BCUT2D eigenvalue weighted by Crippen LogP contribution is 2.27. The number of esters is 1. The highest BCUT2D eigenvalue weighted by Gasteiger charge is 2.25. The number of hydrogen-bond acceptors (Lipinski definition) is 6. The summed E-state index contributed by atoms with van der Waals surface area (Å²) >= 11 is 0. The predicted octanol–water partition coefficient (Wildman–Crippen LogP) is 3.02. The van der Waals surface area contributed by atoms with Crippen molar-refractivity contribution >= 4 is 17.6 Å². The molecule has 32 heavy (non-hydrogen) atoms. The molecule has 1 aromatic rings. The first-order valence-corrected chi connectivity index (χ1v) is 11.8. The van der Waals surface area contributed by atoms with Gasteiger partial charge in [0.1, 0.15) is 0 Å². The number of hydrogen-bond donors (Lipinski definition) is 0. The Morgan fingerprint density at radius 1 is 1.09 bits per heavy atom. The fourth-order valence-corrected chi connectivity index (χ4v) is 4.35. The van der Waals surface area contributed by atoms with E-state index in [1.807, 2.05) is 4.90 Å². The van der Waals surface area contributed by atoms with Gasteiger partial charge in [-0.1, -0.05) is 18.2 Å². The molecule has 2 fully saturated rings. The van der Waals surface area contributed by atoms with Crippen LogP contribution in [0.4, 0.5) is 5.69 Å². The molecule has 2 aliphatic rings. The Morgan fingerprint density at radius 3 is 2.53 bits per heavy atom. The number of piperazine rings is 1. The molecule has 0 N–H and O–H groups in total. The maximum atomic E-state index is 12.4. The van der Waals surface area contributed by atoms with Gasteiger partial charge in [0.15, 0.2) is 0 Å². The molecule has 1 amide bonds. The average molecular weight is 444 g/mol. The average Bonchev–Trinajstić information content (AvgIpc) is 3.36. The van der Waals surface area contributed by atoms with Gasteiger partial charge in [0.25, 0.3) is 0 Å². The van der Waals surface area contributed by atoms with E-state index in [1.165, 1.54) is 24.1 Å². The Hall–Kier alpha value is -2.38. The number of rotatable bonds is 11. The molecule has 0 bridgehead atoms. The Kier molecular flexibility index (Phi) is 9.56. The van der Waals surface area contributed by atoms with Gasteiger partial charge in [-0.25, -0.2) is 0 Å². The van der Waals surface area contributed by atoms with E-state index in [0.717, 1.165) is 32.7 Å². The lowest BCUT2D eigenvalue weighted by molar-refractivity contribution is -0.146. The second-order valence-corrected chi connectivity index (χ2v) is 8.39. The molecule has 7 heteroatoms. The molecule has 2 heterocycles. The Bertz CT molecular complexity index is 755. The van der Waals surface area contributed by atoms with Gasteiger partial charge in [-0.2, -0.15) is 0 Å². The van der Waals surface area contributed by atoms with Crippen LogP contribution in [0.2, 0.25) is 0 Å². The zero-order chi connectivity index (χ0) is 22.8. The van der Waals surface area contributed by atoms with Crippen molar-refractivity contribution < 1.29 is 19.1 Å². The van der Waals surface area contributed by atoms with Crippen LogP contribution in [0.25, 0.3) is 0 Å². The van der Waals surface area contributed by atoms with E-state index in [9.17, 15) is 9.59 Å². The summed E-state index contributed by atoms with van der Waals surface area (Å²) in [6.45, 7) is 12.4. The van der Waals surface area contributed by atoms with Crippen molar-refractivity contribution in [2.24, 2.45) is 0 Å². The Morgan fingerprint density at radius 2 is 1.84 bits per heavy atom. The first-order chi connectivity index (χ1) is 15.6. The number of nitrogens with zero attached hydrogens (tertiary/aromatic N) is 3. The van der Waals surface area contributed by atoms with Crippen molar-refractivity contribution in [3.63, 3.8) is 0 Å². The second kappa shape index (κ2) is 12.6. The van der Waals surface area contributed by atoms with Gasteiger partial charge in [-0.3, -0.25) is 14.5 Å².